The Morgan fingerprint density at radius 2 is 2.12 bits per heavy atom. The molecular formula is C13H12O4. The summed E-state index contributed by atoms with van der Waals surface area (Å²) >= 11 is 0. The first-order valence-corrected chi connectivity index (χ1v) is 5.08. The minimum atomic E-state index is -1.01. The fraction of sp³-hybridized carbons (Fsp3) is 0.231. The third-order valence-corrected chi connectivity index (χ3v) is 2.14. The molecule has 17 heavy (non-hydrogen) atoms. The summed E-state index contributed by atoms with van der Waals surface area (Å²) < 4.78 is 4.65. The van der Waals surface area contributed by atoms with Crippen molar-refractivity contribution in [3.8, 4) is 11.8 Å². The topological polar surface area (TPSA) is 63.6 Å². The maximum Gasteiger partial charge on any atom is 0.384 e. The Morgan fingerprint density at radius 1 is 1.41 bits per heavy atom. The van der Waals surface area contributed by atoms with Crippen molar-refractivity contribution in [2.45, 2.75) is 13.8 Å². The van der Waals surface area contributed by atoms with Crippen LogP contribution in [0.3, 0.4) is 0 Å². The summed E-state index contributed by atoms with van der Waals surface area (Å²) in [6, 6.07) is 4.74. The van der Waals surface area contributed by atoms with E-state index in [1.165, 1.54) is 6.07 Å². The summed E-state index contributed by atoms with van der Waals surface area (Å²) in [5.74, 6) is 3.28. The van der Waals surface area contributed by atoms with Gasteiger partial charge in [-0.05, 0) is 31.5 Å². The van der Waals surface area contributed by atoms with Gasteiger partial charge in [0.25, 0.3) is 0 Å². The maximum absolute atomic E-state index is 11.0. The van der Waals surface area contributed by atoms with E-state index in [0.29, 0.717) is 11.1 Å². The van der Waals surface area contributed by atoms with Gasteiger partial charge in [-0.2, -0.15) is 0 Å². The second-order valence-corrected chi connectivity index (χ2v) is 3.25. The summed E-state index contributed by atoms with van der Waals surface area (Å²) in [7, 11) is 0. The fourth-order valence-corrected chi connectivity index (χ4v) is 1.29. The molecule has 0 aliphatic carbocycles. The van der Waals surface area contributed by atoms with Crippen LogP contribution in [0.5, 0.6) is 0 Å². The molecule has 0 bridgehead atoms. The van der Waals surface area contributed by atoms with E-state index in [9.17, 15) is 9.59 Å². The van der Waals surface area contributed by atoms with Gasteiger partial charge in [-0.25, -0.2) is 9.59 Å². The third kappa shape index (κ3) is 3.35. The molecule has 0 spiro atoms. The molecule has 0 aromatic heterocycles. The Kier molecular flexibility index (Phi) is 4.29. The van der Waals surface area contributed by atoms with Crippen molar-refractivity contribution in [3.63, 3.8) is 0 Å². The van der Waals surface area contributed by atoms with Crippen molar-refractivity contribution in [1.82, 2.24) is 0 Å². The molecular weight excluding hydrogens is 220 g/mol. The first kappa shape index (κ1) is 12.8. The van der Waals surface area contributed by atoms with E-state index in [-0.39, 0.29) is 12.2 Å². The van der Waals surface area contributed by atoms with Crippen molar-refractivity contribution < 1.29 is 19.4 Å². The molecule has 0 heterocycles. The van der Waals surface area contributed by atoms with Gasteiger partial charge < -0.3 is 9.84 Å². The largest absolute Gasteiger partial charge is 0.478 e. The molecule has 88 valence electrons. The molecule has 4 nitrogen and oxygen atoms in total. The maximum atomic E-state index is 11.0. The number of carboxylic acid groups (broad SMARTS) is 1. The zero-order valence-electron chi connectivity index (χ0n) is 9.61. The Labute approximate surface area is 99.2 Å². The van der Waals surface area contributed by atoms with E-state index in [0.717, 1.165) is 0 Å². The number of carbonyl (C=O) groups excluding carboxylic acids is 1. The van der Waals surface area contributed by atoms with Crippen molar-refractivity contribution in [1.29, 1.82) is 0 Å². The molecule has 0 fully saturated rings. The highest BCUT2D eigenvalue weighted by molar-refractivity contribution is 5.91. The normalized spacial score (nSPS) is 9.06. The molecule has 1 rings (SSSR count). The van der Waals surface area contributed by atoms with Gasteiger partial charge in [-0.15, -0.1) is 0 Å². The number of carboxylic acids is 1. The van der Waals surface area contributed by atoms with Crippen LogP contribution in [0.25, 0.3) is 0 Å². The molecule has 0 unspecified atom stereocenters. The molecule has 0 saturated carbocycles. The summed E-state index contributed by atoms with van der Waals surface area (Å²) in [6.07, 6.45) is 0. The predicted molar refractivity (Wildman–Crippen MR) is 61.6 cm³/mol. The Balaban J connectivity index is 3.04. The molecule has 1 aromatic carbocycles. The average Bonchev–Trinajstić information content (AvgIpc) is 2.27. The first-order valence-electron chi connectivity index (χ1n) is 5.08. The van der Waals surface area contributed by atoms with Crippen molar-refractivity contribution >= 4 is 11.9 Å². The fourth-order valence-electron chi connectivity index (χ4n) is 1.29. The lowest BCUT2D eigenvalue weighted by Gasteiger charge is -2.02. The number of ether oxygens (including phenoxy) is 1. The molecule has 0 radical (unpaired) electrons. The molecule has 0 saturated heterocycles. The van der Waals surface area contributed by atoms with E-state index in [4.69, 9.17) is 5.11 Å². The highest BCUT2D eigenvalue weighted by Crippen LogP contribution is 2.12. The average molecular weight is 232 g/mol. The van der Waals surface area contributed by atoms with Gasteiger partial charge in [0.1, 0.15) is 0 Å². The van der Waals surface area contributed by atoms with Crippen molar-refractivity contribution in [2.24, 2.45) is 0 Å². The second-order valence-electron chi connectivity index (χ2n) is 3.25. The number of hydrogen-bond donors (Lipinski definition) is 1. The van der Waals surface area contributed by atoms with E-state index in [1.807, 2.05) is 0 Å². The third-order valence-electron chi connectivity index (χ3n) is 2.14. The van der Waals surface area contributed by atoms with E-state index < -0.39 is 11.9 Å². The van der Waals surface area contributed by atoms with Crippen LogP contribution in [0.1, 0.15) is 28.4 Å². The number of hydrogen-bond acceptors (Lipinski definition) is 3. The minimum Gasteiger partial charge on any atom is -0.478 e. The summed E-state index contributed by atoms with van der Waals surface area (Å²) in [6.45, 7) is 3.61. The Bertz CT molecular complexity index is 506. The van der Waals surface area contributed by atoms with Crippen LogP contribution < -0.4 is 0 Å². The smallest absolute Gasteiger partial charge is 0.384 e. The SMILES string of the molecule is CCOC(=O)C#Cc1cccc(C(=O)O)c1C. The monoisotopic (exact) mass is 232 g/mol. The Hall–Kier alpha value is -2.28. The molecule has 1 aromatic rings. The lowest BCUT2D eigenvalue weighted by atomic mass is 10.0. The van der Waals surface area contributed by atoms with Gasteiger partial charge in [-0.1, -0.05) is 12.0 Å². The van der Waals surface area contributed by atoms with Crippen LogP contribution >= 0.6 is 0 Å². The standard InChI is InChI=1S/C13H12O4/c1-3-17-12(14)8-7-10-5-4-6-11(9(10)2)13(15)16/h4-6H,3H2,1-2H3,(H,15,16). The minimum absolute atomic E-state index is 0.181. The van der Waals surface area contributed by atoms with Gasteiger partial charge in [0, 0.05) is 11.5 Å². The first-order chi connectivity index (χ1) is 8.06. The van der Waals surface area contributed by atoms with Crippen LogP contribution in [-0.4, -0.2) is 23.7 Å². The lowest BCUT2D eigenvalue weighted by Crippen LogP contribution is -2.02. The van der Waals surface area contributed by atoms with E-state index >= 15 is 0 Å². The van der Waals surface area contributed by atoms with Crippen LogP contribution in [0.2, 0.25) is 0 Å². The van der Waals surface area contributed by atoms with Gasteiger partial charge >= 0.3 is 11.9 Å². The number of esters is 1. The molecule has 0 amide bonds. The van der Waals surface area contributed by atoms with Gasteiger partial charge in [0.15, 0.2) is 0 Å². The molecule has 1 N–H and O–H groups in total. The van der Waals surface area contributed by atoms with Crippen molar-refractivity contribution in [3.05, 3.63) is 34.9 Å². The van der Waals surface area contributed by atoms with Crippen LogP contribution in [0.4, 0.5) is 0 Å². The number of benzene rings is 1. The number of aromatic carboxylic acids is 1. The van der Waals surface area contributed by atoms with Crippen LogP contribution in [0.15, 0.2) is 18.2 Å². The van der Waals surface area contributed by atoms with Crippen LogP contribution in [0, 0.1) is 18.8 Å². The number of rotatable bonds is 2. The van der Waals surface area contributed by atoms with E-state index in [1.54, 1.807) is 26.0 Å². The zero-order valence-corrected chi connectivity index (χ0v) is 9.61. The van der Waals surface area contributed by atoms with Gasteiger partial charge in [0.2, 0.25) is 0 Å². The Morgan fingerprint density at radius 3 is 2.71 bits per heavy atom. The lowest BCUT2D eigenvalue weighted by molar-refractivity contribution is -0.136. The molecule has 0 aliphatic heterocycles. The van der Waals surface area contributed by atoms with Gasteiger partial charge in [-0.3, -0.25) is 0 Å². The van der Waals surface area contributed by atoms with Crippen LogP contribution in [-0.2, 0) is 9.53 Å². The zero-order chi connectivity index (χ0) is 12.8. The molecule has 0 aliphatic rings. The van der Waals surface area contributed by atoms with E-state index in [2.05, 4.69) is 16.6 Å². The summed E-state index contributed by atoms with van der Waals surface area (Å²) in [5, 5.41) is 8.91. The summed E-state index contributed by atoms with van der Waals surface area (Å²) in [5.41, 5.74) is 1.23. The second kappa shape index (κ2) is 5.71. The molecule has 0 atom stereocenters. The quantitative estimate of drug-likeness (QED) is 0.621. The number of carbonyl (C=O) groups is 2. The summed E-state index contributed by atoms with van der Waals surface area (Å²) in [4.78, 5) is 21.9. The highest BCUT2D eigenvalue weighted by Gasteiger charge is 2.08. The predicted octanol–water partition coefficient (Wildman–Crippen LogP) is 1.61. The van der Waals surface area contributed by atoms with Crippen molar-refractivity contribution in [2.75, 3.05) is 6.61 Å². The molecule has 4 heteroatoms. The highest BCUT2D eigenvalue weighted by atomic mass is 16.5. The van der Waals surface area contributed by atoms with Gasteiger partial charge in [0.05, 0.1) is 12.2 Å².